The molecule has 0 amide bonds. The molecule has 0 aliphatic carbocycles. The van der Waals surface area contributed by atoms with Crippen molar-refractivity contribution in [3.63, 3.8) is 0 Å². The van der Waals surface area contributed by atoms with Gasteiger partial charge in [0.05, 0.1) is 6.61 Å². The zero-order valence-corrected chi connectivity index (χ0v) is 25.7. The Morgan fingerprint density at radius 2 is 1.30 bits per heavy atom. The van der Waals surface area contributed by atoms with Gasteiger partial charge in [-0.25, -0.2) is 18.4 Å². The van der Waals surface area contributed by atoms with Gasteiger partial charge in [-0.05, 0) is 20.3 Å². The number of rotatable bonds is 2. The number of hydrogen-bond donors (Lipinski definition) is 1. The molecule has 2 fully saturated rings. The zero-order chi connectivity index (χ0) is 20.9. The molecule has 0 saturated carbocycles. The van der Waals surface area contributed by atoms with Gasteiger partial charge in [-0.15, -0.1) is 24.0 Å². The number of hydrogen-bond acceptors (Lipinski definition) is 5. The molecule has 0 bridgehead atoms. The fourth-order valence-corrected chi connectivity index (χ4v) is 2.41. The van der Waals surface area contributed by atoms with Crippen LogP contribution in [0.3, 0.4) is 0 Å². The number of ether oxygens (including phenoxy) is 2. The predicted molar refractivity (Wildman–Crippen MR) is 132 cm³/mol. The summed E-state index contributed by atoms with van der Waals surface area (Å²) in [5.41, 5.74) is -3.71. The molecule has 0 aromatic rings. The van der Waals surface area contributed by atoms with Crippen LogP contribution >= 0.6 is 83.9 Å². The Kier molecular flexibility index (Phi) is 15.9. The van der Waals surface area contributed by atoms with E-state index in [0.29, 0.717) is 6.42 Å². The van der Waals surface area contributed by atoms with Crippen LogP contribution in [0, 0.1) is 11.8 Å². The quantitative estimate of drug-likeness (QED) is 0.305. The predicted octanol–water partition coefficient (Wildman–Crippen LogP) is 5.23. The van der Waals surface area contributed by atoms with Crippen molar-refractivity contribution in [1.29, 1.82) is 0 Å². The third-order valence-electron chi connectivity index (χ3n) is 4.72. The summed E-state index contributed by atoms with van der Waals surface area (Å²) in [7, 11) is 0. The average molecular weight is 882 g/mol. The summed E-state index contributed by atoms with van der Waals surface area (Å²) in [6, 6.07) is 0. The SMILES string of the molecule is CC1[C@@H](CO)OC(=O)[C@]1(C)F.CC[C@H]1OC(=O)[C@](C)(F)C1C.I.[I][V]([I])[I]. The summed E-state index contributed by atoms with van der Waals surface area (Å²) >= 11 is 7.39. The van der Waals surface area contributed by atoms with Crippen LogP contribution in [0.1, 0.15) is 41.0 Å². The topological polar surface area (TPSA) is 72.8 Å². The van der Waals surface area contributed by atoms with Crippen LogP contribution in [0.2, 0.25) is 0 Å². The van der Waals surface area contributed by atoms with Gasteiger partial charge in [0.1, 0.15) is 12.2 Å². The molecule has 0 aromatic heterocycles. The molecule has 27 heavy (non-hydrogen) atoms. The van der Waals surface area contributed by atoms with E-state index >= 15 is 0 Å². The van der Waals surface area contributed by atoms with Crippen molar-refractivity contribution in [2.24, 2.45) is 11.8 Å². The number of halogens is 6. The van der Waals surface area contributed by atoms with Crippen LogP contribution in [0.25, 0.3) is 0 Å². The second-order valence-corrected chi connectivity index (χ2v) is 41.8. The Morgan fingerprint density at radius 1 is 1.00 bits per heavy atom. The number of esters is 2. The second-order valence-electron chi connectivity index (χ2n) is 6.40. The third kappa shape index (κ3) is 9.11. The summed E-state index contributed by atoms with van der Waals surface area (Å²) < 4.78 is 36.0. The molecule has 1 N–H and O–H groups in total. The molecular weight excluding hydrogens is 857 g/mol. The van der Waals surface area contributed by atoms with E-state index in [4.69, 9.17) is 9.84 Å². The molecule has 0 aromatic carbocycles. The van der Waals surface area contributed by atoms with Crippen molar-refractivity contribution >= 4 is 95.9 Å². The van der Waals surface area contributed by atoms with Crippen LogP contribution in [-0.2, 0) is 24.0 Å². The van der Waals surface area contributed by atoms with Crippen LogP contribution < -0.4 is 0 Å². The molecule has 2 aliphatic heterocycles. The maximum absolute atomic E-state index is 13.4. The van der Waals surface area contributed by atoms with E-state index in [9.17, 15) is 18.4 Å². The van der Waals surface area contributed by atoms with Gasteiger partial charge in [-0.3, -0.25) is 0 Å². The Morgan fingerprint density at radius 3 is 1.41 bits per heavy atom. The van der Waals surface area contributed by atoms with Crippen molar-refractivity contribution < 1.29 is 37.9 Å². The number of carbonyl (C=O) groups excluding carboxylic acids is 2. The van der Waals surface area contributed by atoms with Crippen LogP contribution in [0.5, 0.6) is 0 Å². The van der Waals surface area contributed by atoms with E-state index < -0.39 is 35.3 Å². The van der Waals surface area contributed by atoms with E-state index in [0.717, 1.165) is 0 Å². The van der Waals surface area contributed by atoms with Gasteiger partial charge in [0, 0.05) is 11.8 Å². The molecule has 2 rings (SSSR count). The average Bonchev–Trinajstić information content (AvgIpc) is 2.85. The van der Waals surface area contributed by atoms with Crippen molar-refractivity contribution in [3.05, 3.63) is 0 Å². The van der Waals surface area contributed by atoms with Gasteiger partial charge in [0.15, 0.2) is 0 Å². The minimum absolute atomic E-state index is 0. The van der Waals surface area contributed by atoms with Gasteiger partial charge in [0.2, 0.25) is 11.3 Å². The van der Waals surface area contributed by atoms with E-state index in [1.807, 2.05) is 6.92 Å². The van der Waals surface area contributed by atoms with Crippen LogP contribution in [-0.4, -0.2) is 47.2 Å². The fraction of sp³-hybridized carbons (Fsp3) is 0.867. The van der Waals surface area contributed by atoms with Crippen LogP contribution in [0.4, 0.5) is 8.78 Å². The molecule has 0 radical (unpaired) electrons. The summed E-state index contributed by atoms with van der Waals surface area (Å²) in [4.78, 5) is 21.4. The van der Waals surface area contributed by atoms with Crippen molar-refractivity contribution in [2.45, 2.75) is 64.6 Å². The van der Waals surface area contributed by atoms with Gasteiger partial charge in [-0.1, -0.05) is 20.8 Å². The minimum atomic E-state index is -1.94. The molecule has 2 heterocycles. The van der Waals surface area contributed by atoms with Crippen LogP contribution in [0.15, 0.2) is 0 Å². The number of alkyl halides is 2. The first kappa shape index (κ1) is 31.5. The van der Waals surface area contributed by atoms with Crippen molar-refractivity contribution in [1.82, 2.24) is 0 Å². The third-order valence-corrected chi connectivity index (χ3v) is 4.72. The van der Waals surface area contributed by atoms with Gasteiger partial charge in [-0.2, -0.15) is 0 Å². The van der Waals surface area contributed by atoms with Crippen molar-refractivity contribution in [2.75, 3.05) is 6.61 Å². The first-order valence-electron chi connectivity index (χ1n) is 7.91. The van der Waals surface area contributed by atoms with Gasteiger partial charge >= 0.3 is 76.8 Å². The molecule has 2 aliphatic rings. The number of cyclic esters (lactones) is 2. The Balaban J connectivity index is 0. The maximum atomic E-state index is 13.4. The standard InChI is InChI=1S/C8H13FO2.C7H11FO3.4HI.V/c1-4-6-5(2)8(3,9)7(10)11-6;1-4-5(3-9)11-6(10)7(4,2)8;;;;;/h5-6H,4H2,1-3H3;4-5,9H,3H2,1-2H3;4*1H;/q;;;;;;+3/p-3/t5?,6-,8-;4?,5-,7-;;;;;/m11...../s1. The molecule has 2 saturated heterocycles. The second kappa shape index (κ2) is 13.6. The molecule has 12 heteroatoms. The summed E-state index contributed by atoms with van der Waals surface area (Å²) in [5, 5.41) is 8.64. The number of carbonyl (C=O) groups is 2. The molecule has 162 valence electrons. The normalized spacial score (nSPS) is 37.3. The molecule has 5 nitrogen and oxygen atoms in total. The molecular formula is C15H25F2I4O5V. The monoisotopic (exact) mass is 882 g/mol. The summed E-state index contributed by atoms with van der Waals surface area (Å²) in [5.74, 6) is -2.47. The van der Waals surface area contributed by atoms with Gasteiger partial charge < -0.3 is 14.6 Å². The van der Waals surface area contributed by atoms with E-state index in [-0.39, 0.29) is 47.5 Å². The van der Waals surface area contributed by atoms with E-state index in [2.05, 4.69) is 64.7 Å². The first-order chi connectivity index (χ1) is 11.7. The Hall–Kier alpha value is 2.26. The number of aliphatic hydroxyl groups is 1. The van der Waals surface area contributed by atoms with E-state index in [1.54, 1.807) is 13.8 Å². The summed E-state index contributed by atoms with van der Waals surface area (Å²) in [6.45, 7) is 7.29. The Bertz CT molecular complexity index is 454. The molecule has 0 spiro atoms. The Labute approximate surface area is 213 Å². The number of aliphatic hydroxyl groups excluding tert-OH is 1. The summed E-state index contributed by atoms with van der Waals surface area (Å²) in [6.07, 6.45) is -0.234. The van der Waals surface area contributed by atoms with Crippen molar-refractivity contribution in [3.8, 4) is 0 Å². The molecule has 6 atom stereocenters. The van der Waals surface area contributed by atoms with E-state index in [1.165, 1.54) is 13.8 Å². The van der Waals surface area contributed by atoms with Gasteiger partial charge in [0.25, 0.3) is 0 Å². The first-order valence-corrected chi connectivity index (χ1v) is 21.4. The zero-order valence-electron chi connectivity index (χ0n) is 15.5. The molecule has 2 unspecified atom stereocenters. The fourth-order valence-electron chi connectivity index (χ4n) is 2.41.